The van der Waals surface area contributed by atoms with Gasteiger partial charge in [0.2, 0.25) is 0 Å². The van der Waals surface area contributed by atoms with Crippen molar-refractivity contribution in [1.82, 2.24) is 0 Å². The van der Waals surface area contributed by atoms with Crippen LogP contribution in [0.5, 0.6) is 0 Å². The predicted molar refractivity (Wildman–Crippen MR) is 54.9 cm³/mol. The summed E-state index contributed by atoms with van der Waals surface area (Å²) in [5.74, 6) is -0.687. The Labute approximate surface area is 95.9 Å². The van der Waals surface area contributed by atoms with Crippen LogP contribution in [0.2, 0.25) is 0 Å². The molecular formula is C11H10F4N2. The van der Waals surface area contributed by atoms with Crippen LogP contribution in [0.25, 0.3) is 0 Å². The van der Waals surface area contributed by atoms with E-state index in [1.54, 1.807) is 6.07 Å². The maximum atomic E-state index is 13.1. The molecule has 0 atom stereocenters. The number of rotatable bonds is 4. The van der Waals surface area contributed by atoms with Gasteiger partial charge < -0.3 is 5.32 Å². The minimum absolute atomic E-state index is 0.0783. The van der Waals surface area contributed by atoms with Crippen molar-refractivity contribution in [1.29, 1.82) is 5.26 Å². The second kappa shape index (κ2) is 5.53. The van der Waals surface area contributed by atoms with Gasteiger partial charge in [-0.3, -0.25) is 0 Å². The summed E-state index contributed by atoms with van der Waals surface area (Å²) in [5.41, 5.74) is 0.273. The lowest BCUT2D eigenvalue weighted by molar-refractivity contribution is -0.134. The highest BCUT2D eigenvalue weighted by Gasteiger charge is 2.25. The van der Waals surface area contributed by atoms with E-state index in [4.69, 9.17) is 5.26 Å². The van der Waals surface area contributed by atoms with Gasteiger partial charge in [-0.1, -0.05) is 0 Å². The number of halogens is 4. The first kappa shape index (κ1) is 13.3. The minimum atomic E-state index is -4.17. The van der Waals surface area contributed by atoms with Gasteiger partial charge >= 0.3 is 6.18 Å². The summed E-state index contributed by atoms with van der Waals surface area (Å²) >= 11 is 0. The first-order valence-corrected chi connectivity index (χ1v) is 4.92. The second-order valence-corrected chi connectivity index (χ2v) is 3.45. The number of alkyl halides is 3. The third kappa shape index (κ3) is 4.72. The van der Waals surface area contributed by atoms with Gasteiger partial charge in [0.05, 0.1) is 5.56 Å². The molecule has 0 radical (unpaired) electrons. The molecule has 0 unspecified atom stereocenters. The maximum Gasteiger partial charge on any atom is 0.389 e. The van der Waals surface area contributed by atoms with E-state index in [1.807, 2.05) is 0 Å². The molecule has 0 fully saturated rings. The molecule has 0 bridgehead atoms. The highest BCUT2D eigenvalue weighted by Crippen LogP contribution is 2.21. The Balaban J connectivity index is 2.43. The molecule has 0 aliphatic carbocycles. The lowest BCUT2D eigenvalue weighted by Crippen LogP contribution is -2.11. The van der Waals surface area contributed by atoms with Crippen LogP contribution in [-0.4, -0.2) is 12.7 Å². The lowest BCUT2D eigenvalue weighted by Gasteiger charge is -2.08. The number of nitrogens with zero attached hydrogens (tertiary/aromatic N) is 1. The highest BCUT2D eigenvalue weighted by atomic mass is 19.4. The van der Waals surface area contributed by atoms with Crippen LogP contribution < -0.4 is 5.32 Å². The summed E-state index contributed by atoms with van der Waals surface area (Å²) in [6.07, 6.45) is -5.12. The summed E-state index contributed by atoms with van der Waals surface area (Å²) in [5, 5.41) is 11.1. The van der Waals surface area contributed by atoms with Gasteiger partial charge in [0, 0.05) is 18.7 Å². The van der Waals surface area contributed by atoms with E-state index in [0.717, 1.165) is 6.07 Å². The van der Waals surface area contributed by atoms with E-state index in [1.165, 1.54) is 12.1 Å². The van der Waals surface area contributed by atoms with Gasteiger partial charge in [-0.05, 0) is 24.6 Å². The SMILES string of the molecule is N#Cc1ccc(NCCCC(F)(F)F)cc1F. The summed E-state index contributed by atoms with van der Waals surface area (Å²) in [4.78, 5) is 0. The molecule has 0 spiro atoms. The van der Waals surface area contributed by atoms with Crippen molar-refractivity contribution < 1.29 is 17.6 Å². The van der Waals surface area contributed by atoms with Crippen molar-refractivity contribution >= 4 is 5.69 Å². The zero-order valence-electron chi connectivity index (χ0n) is 8.81. The van der Waals surface area contributed by atoms with Crippen LogP contribution in [0.1, 0.15) is 18.4 Å². The van der Waals surface area contributed by atoms with Crippen LogP contribution >= 0.6 is 0 Å². The van der Waals surface area contributed by atoms with Crippen molar-refractivity contribution in [2.24, 2.45) is 0 Å². The molecule has 1 rings (SSSR count). The van der Waals surface area contributed by atoms with E-state index in [0.29, 0.717) is 5.69 Å². The number of hydrogen-bond acceptors (Lipinski definition) is 2. The molecule has 0 amide bonds. The first-order valence-electron chi connectivity index (χ1n) is 4.92. The number of nitrogens with one attached hydrogen (secondary N) is 1. The van der Waals surface area contributed by atoms with E-state index >= 15 is 0 Å². The van der Waals surface area contributed by atoms with Crippen molar-refractivity contribution in [2.45, 2.75) is 19.0 Å². The Morgan fingerprint density at radius 1 is 1.29 bits per heavy atom. The van der Waals surface area contributed by atoms with Crippen LogP contribution in [0.3, 0.4) is 0 Å². The van der Waals surface area contributed by atoms with Gasteiger partial charge in [-0.2, -0.15) is 18.4 Å². The molecule has 0 aliphatic heterocycles. The highest BCUT2D eigenvalue weighted by molar-refractivity contribution is 5.47. The fraction of sp³-hybridized carbons (Fsp3) is 0.364. The largest absolute Gasteiger partial charge is 0.389 e. The number of benzene rings is 1. The van der Waals surface area contributed by atoms with Crippen molar-refractivity contribution in [3.63, 3.8) is 0 Å². The molecule has 17 heavy (non-hydrogen) atoms. The molecule has 1 N–H and O–H groups in total. The molecule has 0 aliphatic rings. The lowest BCUT2D eigenvalue weighted by atomic mass is 10.2. The fourth-order valence-corrected chi connectivity index (χ4v) is 1.24. The van der Waals surface area contributed by atoms with Crippen molar-refractivity contribution in [3.8, 4) is 6.07 Å². The maximum absolute atomic E-state index is 13.1. The molecule has 1 aromatic carbocycles. The molecule has 1 aromatic rings. The predicted octanol–water partition coefficient (Wildman–Crippen LogP) is 3.45. The fourth-order valence-electron chi connectivity index (χ4n) is 1.24. The number of anilines is 1. The Hall–Kier alpha value is -1.77. The monoisotopic (exact) mass is 246 g/mol. The van der Waals surface area contributed by atoms with E-state index in [-0.39, 0.29) is 18.5 Å². The Morgan fingerprint density at radius 3 is 2.53 bits per heavy atom. The summed E-state index contributed by atoms with van der Waals surface area (Å²) in [6, 6.07) is 5.48. The molecule has 0 heterocycles. The minimum Gasteiger partial charge on any atom is -0.385 e. The van der Waals surface area contributed by atoms with Crippen molar-refractivity contribution in [3.05, 3.63) is 29.6 Å². The van der Waals surface area contributed by atoms with Gasteiger partial charge in [0.15, 0.2) is 0 Å². The Morgan fingerprint density at radius 2 is 2.00 bits per heavy atom. The first-order chi connectivity index (χ1) is 7.92. The average molecular weight is 246 g/mol. The van der Waals surface area contributed by atoms with Crippen LogP contribution in [0.15, 0.2) is 18.2 Å². The molecule has 0 saturated carbocycles. The molecule has 2 nitrogen and oxygen atoms in total. The Kier molecular flexibility index (Phi) is 4.32. The quantitative estimate of drug-likeness (QED) is 0.652. The molecule has 6 heteroatoms. The van der Waals surface area contributed by atoms with E-state index in [2.05, 4.69) is 5.32 Å². The van der Waals surface area contributed by atoms with E-state index < -0.39 is 18.4 Å². The van der Waals surface area contributed by atoms with Gasteiger partial charge in [-0.25, -0.2) is 4.39 Å². The van der Waals surface area contributed by atoms with Gasteiger partial charge in [-0.15, -0.1) is 0 Å². The zero-order chi connectivity index (χ0) is 12.9. The summed E-state index contributed by atoms with van der Waals surface area (Å²) in [6.45, 7) is 0.102. The molecular weight excluding hydrogens is 236 g/mol. The number of nitriles is 1. The molecule has 92 valence electrons. The molecule has 0 aromatic heterocycles. The second-order valence-electron chi connectivity index (χ2n) is 3.45. The van der Waals surface area contributed by atoms with Gasteiger partial charge in [0.25, 0.3) is 0 Å². The normalized spacial score (nSPS) is 11.0. The summed E-state index contributed by atoms with van der Waals surface area (Å²) in [7, 11) is 0. The number of hydrogen-bond donors (Lipinski definition) is 1. The van der Waals surface area contributed by atoms with Gasteiger partial charge in [0.1, 0.15) is 11.9 Å². The van der Waals surface area contributed by atoms with E-state index in [9.17, 15) is 17.6 Å². The standard InChI is InChI=1S/C11H10F4N2/c12-10-6-9(3-2-8(10)7-16)17-5-1-4-11(13,14)15/h2-3,6,17H,1,4-5H2. The van der Waals surface area contributed by atoms with Crippen LogP contribution in [-0.2, 0) is 0 Å². The van der Waals surface area contributed by atoms with Crippen LogP contribution in [0.4, 0.5) is 23.2 Å². The van der Waals surface area contributed by atoms with Crippen LogP contribution in [0, 0.1) is 17.1 Å². The van der Waals surface area contributed by atoms with Crippen molar-refractivity contribution in [2.75, 3.05) is 11.9 Å². The molecule has 0 saturated heterocycles. The third-order valence-corrected chi connectivity index (χ3v) is 2.06. The summed E-state index contributed by atoms with van der Waals surface area (Å²) < 4.78 is 48.6. The average Bonchev–Trinajstić information content (AvgIpc) is 2.23. The smallest absolute Gasteiger partial charge is 0.385 e. The zero-order valence-corrected chi connectivity index (χ0v) is 8.81. The topological polar surface area (TPSA) is 35.8 Å². The Bertz CT molecular complexity index is 420. The third-order valence-electron chi connectivity index (χ3n) is 2.06.